The molecular weight excluding hydrogens is 163 g/mol. The van der Waals surface area contributed by atoms with E-state index in [0.717, 1.165) is 0 Å². The maximum atomic E-state index is 9.50. The van der Waals surface area contributed by atoms with Gasteiger partial charge in [0.15, 0.2) is 0 Å². The molecule has 0 N–H and O–H groups in total. The summed E-state index contributed by atoms with van der Waals surface area (Å²) in [6.07, 6.45) is 0. The van der Waals surface area contributed by atoms with Crippen LogP contribution >= 0.6 is 11.6 Å². The first kappa shape index (κ1) is 11.7. The van der Waals surface area contributed by atoms with Gasteiger partial charge in [-0.15, -0.1) is 0 Å². The van der Waals surface area contributed by atoms with Crippen molar-refractivity contribution in [1.29, 1.82) is 0 Å². The van der Waals surface area contributed by atoms with Crippen LogP contribution in [0.25, 0.3) is 0 Å². The predicted molar refractivity (Wildman–Crippen MR) is 24.7 cm³/mol. The molecule has 0 bridgehead atoms. The fourth-order valence-corrected chi connectivity index (χ4v) is 0.567. The second kappa shape index (κ2) is 4.78. The Kier molecular flexibility index (Phi) is 7.00. The van der Waals surface area contributed by atoms with Crippen LogP contribution in [-0.4, -0.2) is 13.0 Å². The zero-order valence-electron chi connectivity index (χ0n) is 4.17. The minimum Gasteiger partial charge on any atom is -0.744 e. The van der Waals surface area contributed by atoms with Crippen molar-refractivity contribution in [3.05, 3.63) is 10.9 Å². The van der Waals surface area contributed by atoms with Crippen LogP contribution in [0.1, 0.15) is 0 Å². The van der Waals surface area contributed by atoms with Crippen LogP contribution in [0.15, 0.2) is 10.9 Å². The maximum Gasteiger partial charge on any atom is 1.00 e. The number of halogens is 1. The third-order valence-electron chi connectivity index (χ3n) is 0.218. The number of hydrogen-bond acceptors (Lipinski definition) is 3. The molecule has 0 aliphatic carbocycles. The molecule has 0 heterocycles. The Bertz CT molecular complexity index is 160. The summed E-state index contributed by atoms with van der Waals surface area (Å²) in [6.45, 7) is 0. The Balaban J connectivity index is 0. The van der Waals surface area contributed by atoms with Gasteiger partial charge in [0.05, 0.1) is 0 Å². The standard InChI is InChI=1S/C2H3ClO3S.Na/c3-1-2-7(4,5)6;/h1-2H,(H,4,5,6);/q;+1/p-1. The van der Waals surface area contributed by atoms with Crippen molar-refractivity contribution >= 4 is 21.7 Å². The van der Waals surface area contributed by atoms with Crippen LogP contribution < -0.4 is 29.6 Å². The van der Waals surface area contributed by atoms with Crippen LogP contribution in [0.3, 0.4) is 0 Å². The Morgan fingerprint density at radius 2 is 1.88 bits per heavy atom. The van der Waals surface area contributed by atoms with Gasteiger partial charge in [-0.25, -0.2) is 8.42 Å². The van der Waals surface area contributed by atoms with Gasteiger partial charge in [-0.1, -0.05) is 11.6 Å². The third kappa shape index (κ3) is 10.0. The quantitative estimate of drug-likeness (QED) is 0.312. The first-order valence-corrected chi connectivity index (χ1v) is 3.20. The monoisotopic (exact) mass is 164 g/mol. The van der Waals surface area contributed by atoms with Gasteiger partial charge in [0, 0.05) is 10.9 Å². The number of hydrogen-bond donors (Lipinski definition) is 0. The molecule has 0 aromatic rings. The average Bonchev–Trinajstić information content (AvgIpc) is 1.30. The van der Waals surface area contributed by atoms with Crippen molar-refractivity contribution in [2.45, 2.75) is 0 Å². The van der Waals surface area contributed by atoms with E-state index in [-0.39, 0.29) is 29.6 Å². The van der Waals surface area contributed by atoms with E-state index in [1.54, 1.807) is 0 Å². The summed E-state index contributed by atoms with van der Waals surface area (Å²) in [5, 5.41) is 0.370. The molecule has 0 radical (unpaired) electrons. The van der Waals surface area contributed by atoms with Gasteiger partial charge in [-0.3, -0.25) is 0 Å². The molecule has 0 amide bonds. The molecule has 0 aliphatic heterocycles. The van der Waals surface area contributed by atoms with Crippen LogP contribution in [-0.2, 0) is 10.1 Å². The fourth-order valence-electron chi connectivity index (χ4n) is 0.0630. The molecule has 0 spiro atoms. The van der Waals surface area contributed by atoms with E-state index in [1.165, 1.54) is 0 Å². The van der Waals surface area contributed by atoms with Gasteiger partial charge in [0.2, 0.25) is 0 Å². The minimum atomic E-state index is -4.24. The zero-order chi connectivity index (χ0) is 5.91. The summed E-state index contributed by atoms with van der Waals surface area (Å²) in [5.74, 6) is 0. The molecule has 0 fully saturated rings. The molecule has 8 heavy (non-hydrogen) atoms. The number of rotatable bonds is 1. The molecule has 0 aromatic carbocycles. The summed E-state index contributed by atoms with van der Waals surface area (Å²) in [4.78, 5) is 0. The van der Waals surface area contributed by atoms with Gasteiger partial charge >= 0.3 is 29.6 Å². The fraction of sp³-hybridized carbons (Fsp3) is 0. The van der Waals surface area contributed by atoms with E-state index < -0.39 is 10.1 Å². The smallest absolute Gasteiger partial charge is 0.744 e. The molecule has 0 aromatic heterocycles. The van der Waals surface area contributed by atoms with Crippen LogP contribution in [0.2, 0.25) is 0 Å². The molecule has 0 atom stereocenters. The Morgan fingerprint density at radius 3 is 1.88 bits per heavy atom. The normalized spacial score (nSPS) is 11.2. The molecule has 42 valence electrons. The van der Waals surface area contributed by atoms with Crippen molar-refractivity contribution in [2.75, 3.05) is 0 Å². The largest absolute Gasteiger partial charge is 1.00 e. The van der Waals surface area contributed by atoms with E-state index in [4.69, 9.17) is 11.6 Å². The molecule has 6 heteroatoms. The summed E-state index contributed by atoms with van der Waals surface area (Å²) >= 11 is 4.73. The summed E-state index contributed by atoms with van der Waals surface area (Å²) in [7, 11) is -4.24. The van der Waals surface area contributed by atoms with Gasteiger partial charge in [-0.2, -0.15) is 0 Å². The van der Waals surface area contributed by atoms with Crippen LogP contribution in [0, 0.1) is 0 Å². The maximum absolute atomic E-state index is 9.50. The Hall–Kier alpha value is 0.940. The molecule has 0 saturated heterocycles. The van der Waals surface area contributed by atoms with Crippen molar-refractivity contribution in [3.8, 4) is 0 Å². The topological polar surface area (TPSA) is 57.2 Å². The Labute approximate surface area is 74.8 Å². The van der Waals surface area contributed by atoms with E-state index in [0.29, 0.717) is 10.9 Å². The van der Waals surface area contributed by atoms with Crippen molar-refractivity contribution in [2.24, 2.45) is 0 Å². The van der Waals surface area contributed by atoms with Crippen molar-refractivity contribution in [3.63, 3.8) is 0 Å². The van der Waals surface area contributed by atoms with Gasteiger partial charge in [-0.05, 0) is 0 Å². The van der Waals surface area contributed by atoms with Crippen molar-refractivity contribution < 1.29 is 42.5 Å². The molecule has 0 unspecified atom stereocenters. The molecule has 3 nitrogen and oxygen atoms in total. The van der Waals surface area contributed by atoms with E-state index >= 15 is 0 Å². The van der Waals surface area contributed by atoms with E-state index in [1.807, 2.05) is 0 Å². The van der Waals surface area contributed by atoms with Gasteiger partial charge in [0.1, 0.15) is 10.1 Å². The molecule has 0 rings (SSSR count). The summed E-state index contributed by atoms with van der Waals surface area (Å²) < 4.78 is 28.5. The SMILES string of the molecule is O=S(=O)([O-])C=CCl.[Na+]. The predicted octanol–water partition coefficient (Wildman–Crippen LogP) is -2.75. The van der Waals surface area contributed by atoms with Crippen LogP contribution in [0.5, 0.6) is 0 Å². The van der Waals surface area contributed by atoms with E-state index in [9.17, 15) is 13.0 Å². The first-order valence-electron chi connectivity index (χ1n) is 1.29. The molecule has 0 aliphatic rings. The van der Waals surface area contributed by atoms with Gasteiger partial charge in [0.25, 0.3) is 0 Å². The zero-order valence-corrected chi connectivity index (χ0v) is 7.74. The third-order valence-corrected chi connectivity index (χ3v) is 0.963. The molecular formula is C2H2ClNaO3S. The molecule has 0 saturated carbocycles. The second-order valence-corrected chi connectivity index (χ2v) is 2.26. The Morgan fingerprint density at radius 1 is 1.50 bits per heavy atom. The summed E-state index contributed by atoms with van der Waals surface area (Å²) in [5.41, 5.74) is 0.655. The van der Waals surface area contributed by atoms with Gasteiger partial charge < -0.3 is 4.55 Å². The van der Waals surface area contributed by atoms with Crippen molar-refractivity contribution in [1.82, 2.24) is 0 Å². The summed E-state index contributed by atoms with van der Waals surface area (Å²) in [6, 6.07) is 0. The first-order chi connectivity index (χ1) is 3.06. The minimum absolute atomic E-state index is 0. The van der Waals surface area contributed by atoms with Crippen LogP contribution in [0.4, 0.5) is 0 Å². The average molecular weight is 165 g/mol. The van der Waals surface area contributed by atoms with E-state index in [2.05, 4.69) is 0 Å². The second-order valence-electron chi connectivity index (χ2n) is 0.755.